The van der Waals surface area contributed by atoms with Crippen LogP contribution in [0.15, 0.2) is 40.8 Å². The first-order valence-corrected chi connectivity index (χ1v) is 6.83. The molecule has 0 saturated heterocycles. The topological polar surface area (TPSA) is 28.4 Å². The first kappa shape index (κ1) is 14.6. The fraction of sp³-hybridized carbons (Fsp3) is 0.375. The number of nitrogens with zero attached hydrogens (tertiary/aromatic N) is 1. The third-order valence-corrected chi connectivity index (χ3v) is 3.06. The van der Waals surface area contributed by atoms with Crippen LogP contribution in [0, 0.1) is 5.82 Å². The van der Waals surface area contributed by atoms with Crippen LogP contribution in [0.1, 0.15) is 25.4 Å². The summed E-state index contributed by atoms with van der Waals surface area (Å²) in [7, 11) is 1.85. The van der Waals surface area contributed by atoms with Crippen molar-refractivity contribution in [2.45, 2.75) is 33.0 Å². The number of halogens is 1. The van der Waals surface area contributed by atoms with Crippen LogP contribution in [0.2, 0.25) is 0 Å². The predicted molar refractivity (Wildman–Crippen MR) is 79.2 cm³/mol. The lowest BCUT2D eigenvalue weighted by atomic mass is 10.2. The Kier molecular flexibility index (Phi) is 4.79. The van der Waals surface area contributed by atoms with Gasteiger partial charge in [-0.15, -0.1) is 0 Å². The maximum Gasteiger partial charge on any atom is 0.146 e. The molecule has 2 rings (SSSR count). The second kappa shape index (κ2) is 6.57. The van der Waals surface area contributed by atoms with E-state index in [1.165, 1.54) is 6.07 Å². The number of rotatable bonds is 6. The van der Waals surface area contributed by atoms with Gasteiger partial charge in [0.15, 0.2) is 0 Å². The number of furan rings is 1. The molecule has 0 atom stereocenters. The first-order chi connectivity index (χ1) is 9.56. The highest BCUT2D eigenvalue weighted by Crippen LogP contribution is 2.20. The average molecular weight is 276 g/mol. The van der Waals surface area contributed by atoms with E-state index in [2.05, 4.69) is 19.2 Å². The second-order valence-electron chi connectivity index (χ2n) is 5.21. The predicted octanol–water partition coefficient (Wildman–Crippen LogP) is 3.55. The van der Waals surface area contributed by atoms with Crippen molar-refractivity contribution in [1.29, 1.82) is 0 Å². The van der Waals surface area contributed by atoms with E-state index in [1.54, 1.807) is 12.1 Å². The molecule has 1 aromatic carbocycles. The lowest BCUT2D eigenvalue weighted by molar-refractivity contribution is 0.434. The van der Waals surface area contributed by atoms with Gasteiger partial charge in [0.1, 0.15) is 17.3 Å². The molecular weight excluding hydrogens is 255 g/mol. The molecule has 0 aliphatic rings. The van der Waals surface area contributed by atoms with Crippen molar-refractivity contribution in [3.8, 4) is 0 Å². The monoisotopic (exact) mass is 276 g/mol. The third-order valence-electron chi connectivity index (χ3n) is 3.06. The van der Waals surface area contributed by atoms with Gasteiger partial charge in [-0.1, -0.05) is 26.0 Å². The van der Waals surface area contributed by atoms with Crippen molar-refractivity contribution in [2.24, 2.45) is 0 Å². The number of para-hydroxylation sites is 1. The molecule has 3 nitrogen and oxygen atoms in total. The van der Waals surface area contributed by atoms with Crippen LogP contribution in [0.3, 0.4) is 0 Å². The van der Waals surface area contributed by atoms with Gasteiger partial charge in [-0.2, -0.15) is 0 Å². The Hall–Kier alpha value is -1.81. The van der Waals surface area contributed by atoms with Gasteiger partial charge in [0.2, 0.25) is 0 Å². The number of nitrogens with one attached hydrogen (secondary N) is 1. The zero-order chi connectivity index (χ0) is 14.5. The summed E-state index contributed by atoms with van der Waals surface area (Å²) in [5.74, 6) is 1.51. The molecule has 0 unspecified atom stereocenters. The molecule has 1 N–H and O–H groups in total. The quantitative estimate of drug-likeness (QED) is 0.874. The molecule has 0 radical (unpaired) electrons. The smallest absolute Gasteiger partial charge is 0.146 e. The molecule has 0 aliphatic heterocycles. The minimum absolute atomic E-state index is 0.219. The number of hydrogen-bond acceptors (Lipinski definition) is 3. The van der Waals surface area contributed by atoms with E-state index in [0.717, 1.165) is 11.5 Å². The Morgan fingerprint density at radius 2 is 1.85 bits per heavy atom. The summed E-state index contributed by atoms with van der Waals surface area (Å²) in [5, 5.41) is 3.30. The van der Waals surface area contributed by atoms with Gasteiger partial charge >= 0.3 is 0 Å². The Morgan fingerprint density at radius 1 is 1.15 bits per heavy atom. The minimum atomic E-state index is -0.219. The van der Waals surface area contributed by atoms with Gasteiger partial charge in [-0.25, -0.2) is 4.39 Å². The Balaban J connectivity index is 1.98. The normalized spacial score (nSPS) is 11.1. The third kappa shape index (κ3) is 3.84. The molecule has 4 heteroatoms. The Bertz CT molecular complexity index is 551. The molecule has 0 amide bonds. The van der Waals surface area contributed by atoms with Crippen LogP contribution in [-0.4, -0.2) is 13.1 Å². The van der Waals surface area contributed by atoms with Crippen LogP contribution >= 0.6 is 0 Å². The summed E-state index contributed by atoms with van der Waals surface area (Å²) >= 11 is 0. The molecule has 0 aliphatic carbocycles. The number of anilines is 1. The second-order valence-corrected chi connectivity index (χ2v) is 5.21. The minimum Gasteiger partial charge on any atom is -0.463 e. The van der Waals surface area contributed by atoms with Crippen LogP contribution in [-0.2, 0) is 13.1 Å². The van der Waals surface area contributed by atoms with Crippen molar-refractivity contribution < 1.29 is 8.81 Å². The van der Waals surface area contributed by atoms with Crippen LogP contribution in [0.4, 0.5) is 10.1 Å². The van der Waals surface area contributed by atoms with Crippen LogP contribution < -0.4 is 10.2 Å². The largest absolute Gasteiger partial charge is 0.463 e. The molecule has 0 spiro atoms. The number of hydrogen-bond donors (Lipinski definition) is 1. The standard InChI is InChI=1S/C16H21FN2O/c1-12(2)18-10-13-8-9-14(20-13)11-19(3)16-7-5-4-6-15(16)17/h4-9,12,18H,10-11H2,1-3H3. The van der Waals surface area contributed by atoms with Crippen molar-refractivity contribution in [3.05, 3.63) is 53.7 Å². The lowest BCUT2D eigenvalue weighted by Crippen LogP contribution is -2.21. The van der Waals surface area contributed by atoms with E-state index in [9.17, 15) is 4.39 Å². The Morgan fingerprint density at radius 3 is 2.55 bits per heavy atom. The van der Waals surface area contributed by atoms with Gasteiger partial charge in [0, 0.05) is 13.1 Å². The molecule has 0 saturated carbocycles. The Labute approximate surface area is 119 Å². The molecule has 2 aromatic rings. The molecule has 108 valence electrons. The number of benzene rings is 1. The lowest BCUT2D eigenvalue weighted by Gasteiger charge is -2.18. The van der Waals surface area contributed by atoms with E-state index in [4.69, 9.17) is 4.42 Å². The van der Waals surface area contributed by atoms with E-state index in [-0.39, 0.29) is 5.82 Å². The van der Waals surface area contributed by atoms with Gasteiger partial charge < -0.3 is 14.6 Å². The van der Waals surface area contributed by atoms with E-state index < -0.39 is 0 Å². The summed E-state index contributed by atoms with van der Waals surface area (Å²) in [4.78, 5) is 1.84. The molecule has 0 bridgehead atoms. The average Bonchev–Trinajstić information content (AvgIpc) is 2.84. The summed E-state index contributed by atoms with van der Waals surface area (Å²) in [6.07, 6.45) is 0. The maximum absolute atomic E-state index is 13.7. The molecule has 1 heterocycles. The van der Waals surface area contributed by atoms with E-state index in [0.29, 0.717) is 24.8 Å². The molecule has 1 aromatic heterocycles. The van der Waals surface area contributed by atoms with Crippen molar-refractivity contribution in [1.82, 2.24) is 5.32 Å². The highest BCUT2D eigenvalue weighted by Gasteiger charge is 2.10. The van der Waals surface area contributed by atoms with Gasteiger partial charge in [0.25, 0.3) is 0 Å². The molecular formula is C16H21FN2O. The van der Waals surface area contributed by atoms with Crippen LogP contribution in [0.25, 0.3) is 0 Å². The van der Waals surface area contributed by atoms with Crippen molar-refractivity contribution in [2.75, 3.05) is 11.9 Å². The van der Waals surface area contributed by atoms with Gasteiger partial charge in [-0.05, 0) is 24.3 Å². The summed E-state index contributed by atoms with van der Waals surface area (Å²) in [5.41, 5.74) is 0.575. The van der Waals surface area contributed by atoms with Crippen molar-refractivity contribution in [3.63, 3.8) is 0 Å². The van der Waals surface area contributed by atoms with Crippen molar-refractivity contribution >= 4 is 5.69 Å². The molecule has 0 fully saturated rings. The highest BCUT2D eigenvalue weighted by atomic mass is 19.1. The highest BCUT2D eigenvalue weighted by molar-refractivity contribution is 5.46. The van der Waals surface area contributed by atoms with E-state index in [1.807, 2.05) is 30.1 Å². The van der Waals surface area contributed by atoms with E-state index >= 15 is 0 Å². The van der Waals surface area contributed by atoms with Gasteiger partial charge in [-0.3, -0.25) is 0 Å². The summed E-state index contributed by atoms with van der Waals surface area (Å²) in [6, 6.07) is 11.1. The molecule has 20 heavy (non-hydrogen) atoms. The van der Waals surface area contributed by atoms with Gasteiger partial charge in [0.05, 0.1) is 18.8 Å². The fourth-order valence-corrected chi connectivity index (χ4v) is 1.99. The maximum atomic E-state index is 13.7. The SMILES string of the molecule is CC(C)NCc1ccc(CN(C)c2ccccc2F)o1. The zero-order valence-electron chi connectivity index (χ0n) is 12.2. The van der Waals surface area contributed by atoms with Crippen LogP contribution in [0.5, 0.6) is 0 Å². The summed E-state index contributed by atoms with van der Waals surface area (Å²) in [6.45, 7) is 5.44. The first-order valence-electron chi connectivity index (χ1n) is 6.83. The zero-order valence-corrected chi connectivity index (χ0v) is 12.2. The summed E-state index contributed by atoms with van der Waals surface area (Å²) < 4.78 is 19.4. The fourth-order valence-electron chi connectivity index (χ4n) is 1.99.